The average molecular weight is 348 g/mol. The molecule has 1 aromatic heterocycles. The number of carbonyl (C=O) groups is 2. The summed E-state index contributed by atoms with van der Waals surface area (Å²) in [5.74, 6) is 1.51. The van der Waals surface area contributed by atoms with Crippen LogP contribution in [-0.4, -0.2) is 41.5 Å². The van der Waals surface area contributed by atoms with Crippen LogP contribution in [0.3, 0.4) is 0 Å². The van der Waals surface area contributed by atoms with Crippen molar-refractivity contribution >= 4 is 11.8 Å². The molecule has 1 aromatic rings. The van der Waals surface area contributed by atoms with Crippen LogP contribution in [0.15, 0.2) is 10.5 Å². The van der Waals surface area contributed by atoms with Crippen molar-refractivity contribution in [2.75, 3.05) is 19.6 Å². The number of aryl methyl sites for hydroxylation is 2. The average Bonchev–Trinajstić information content (AvgIpc) is 3.36. The molecule has 2 aliphatic rings. The van der Waals surface area contributed by atoms with E-state index in [-0.39, 0.29) is 30.2 Å². The smallest absolute Gasteiger partial charge is 0.225 e. The molecule has 2 amide bonds. The maximum atomic E-state index is 12.5. The third kappa shape index (κ3) is 4.06. The quantitative estimate of drug-likeness (QED) is 0.851. The first kappa shape index (κ1) is 18.0. The van der Waals surface area contributed by atoms with Crippen molar-refractivity contribution in [1.29, 1.82) is 0 Å². The second kappa shape index (κ2) is 6.83. The van der Waals surface area contributed by atoms with E-state index in [2.05, 4.69) is 5.32 Å². The lowest BCUT2D eigenvalue weighted by molar-refractivity contribution is -0.137. The molecule has 0 bridgehead atoms. The first-order valence-corrected chi connectivity index (χ1v) is 9.14. The second-order valence-electron chi connectivity index (χ2n) is 7.72. The molecule has 138 valence electrons. The van der Waals surface area contributed by atoms with Crippen LogP contribution in [-0.2, 0) is 15.2 Å². The molecule has 25 heavy (non-hydrogen) atoms. The fraction of sp³-hybridized carbons (Fsp3) is 0.684. The van der Waals surface area contributed by atoms with Crippen molar-refractivity contribution in [3.63, 3.8) is 0 Å². The molecule has 2 unspecified atom stereocenters. The van der Waals surface area contributed by atoms with E-state index in [1.165, 1.54) is 0 Å². The predicted octanol–water partition coefficient (Wildman–Crippen LogP) is 1.87. The van der Waals surface area contributed by atoms with E-state index in [9.17, 15) is 14.7 Å². The molecular weight excluding hydrogens is 320 g/mol. The highest BCUT2D eigenvalue weighted by atomic mass is 16.3. The van der Waals surface area contributed by atoms with Gasteiger partial charge in [0, 0.05) is 24.6 Å². The number of piperidine rings is 1. The van der Waals surface area contributed by atoms with Gasteiger partial charge in [0.2, 0.25) is 11.8 Å². The minimum absolute atomic E-state index is 0.0913. The number of rotatable bonds is 5. The van der Waals surface area contributed by atoms with E-state index in [0.29, 0.717) is 17.9 Å². The Kier molecular flexibility index (Phi) is 4.91. The summed E-state index contributed by atoms with van der Waals surface area (Å²) in [6.45, 7) is 6.68. The van der Waals surface area contributed by atoms with Crippen molar-refractivity contribution in [1.82, 2.24) is 10.2 Å². The normalized spacial score (nSPS) is 23.2. The van der Waals surface area contributed by atoms with Gasteiger partial charge in [0.25, 0.3) is 0 Å². The van der Waals surface area contributed by atoms with Crippen molar-refractivity contribution in [2.45, 2.75) is 52.1 Å². The Morgan fingerprint density at radius 2 is 2.04 bits per heavy atom. The van der Waals surface area contributed by atoms with Crippen LogP contribution in [0.5, 0.6) is 0 Å². The molecule has 1 aliphatic heterocycles. The molecule has 2 atom stereocenters. The van der Waals surface area contributed by atoms with E-state index in [4.69, 9.17) is 4.42 Å². The first-order valence-electron chi connectivity index (χ1n) is 9.14. The Morgan fingerprint density at radius 1 is 1.32 bits per heavy atom. The molecule has 2 fully saturated rings. The van der Waals surface area contributed by atoms with Gasteiger partial charge in [-0.1, -0.05) is 0 Å². The van der Waals surface area contributed by atoms with Gasteiger partial charge < -0.3 is 19.7 Å². The van der Waals surface area contributed by atoms with E-state index in [1.807, 2.05) is 11.8 Å². The number of hydrogen-bond acceptors (Lipinski definition) is 4. The highest BCUT2D eigenvalue weighted by Crippen LogP contribution is 2.32. The van der Waals surface area contributed by atoms with Crippen LogP contribution in [0.2, 0.25) is 0 Å². The molecule has 2 N–H and O–H groups in total. The number of carbonyl (C=O) groups excluding carboxylic acids is 2. The van der Waals surface area contributed by atoms with Crippen LogP contribution in [0.1, 0.15) is 49.7 Å². The van der Waals surface area contributed by atoms with Crippen LogP contribution in [0, 0.1) is 25.7 Å². The van der Waals surface area contributed by atoms with Gasteiger partial charge in [-0.05, 0) is 52.5 Å². The molecule has 0 radical (unpaired) electrons. The van der Waals surface area contributed by atoms with Gasteiger partial charge in [-0.25, -0.2) is 0 Å². The standard InChI is InChI=1S/C19H28N2O4/c1-12-9-16(13(2)25-12)19(3,24)11-20-17(22)15-5-4-8-21(10-15)18(23)14-6-7-14/h9,14-15,24H,4-8,10-11H2,1-3H3,(H,20,22). The topological polar surface area (TPSA) is 82.8 Å². The number of hydrogen-bond donors (Lipinski definition) is 2. The molecule has 6 heteroatoms. The highest BCUT2D eigenvalue weighted by molar-refractivity contribution is 5.83. The molecule has 1 saturated heterocycles. The molecule has 0 aromatic carbocycles. The fourth-order valence-corrected chi connectivity index (χ4v) is 3.64. The van der Waals surface area contributed by atoms with E-state index in [0.717, 1.165) is 38.0 Å². The van der Waals surface area contributed by atoms with Crippen molar-refractivity contribution in [3.8, 4) is 0 Å². The molecule has 0 spiro atoms. The monoisotopic (exact) mass is 348 g/mol. The minimum atomic E-state index is -1.18. The molecule has 6 nitrogen and oxygen atoms in total. The van der Waals surface area contributed by atoms with Crippen LogP contribution < -0.4 is 5.32 Å². The van der Waals surface area contributed by atoms with Gasteiger partial charge >= 0.3 is 0 Å². The van der Waals surface area contributed by atoms with Crippen molar-refractivity contribution < 1.29 is 19.1 Å². The number of aliphatic hydroxyl groups is 1. The zero-order chi connectivity index (χ0) is 18.2. The molecule has 3 rings (SSSR count). The summed E-state index contributed by atoms with van der Waals surface area (Å²) in [5, 5.41) is 13.6. The van der Waals surface area contributed by atoms with E-state index in [1.54, 1.807) is 19.9 Å². The fourth-order valence-electron chi connectivity index (χ4n) is 3.64. The molecule has 1 saturated carbocycles. The van der Waals surface area contributed by atoms with Crippen molar-refractivity contribution in [3.05, 3.63) is 23.2 Å². The number of amides is 2. The zero-order valence-electron chi connectivity index (χ0n) is 15.3. The third-order valence-corrected chi connectivity index (χ3v) is 5.26. The van der Waals surface area contributed by atoms with Crippen LogP contribution in [0.4, 0.5) is 0 Å². The Bertz CT molecular complexity index is 660. The zero-order valence-corrected chi connectivity index (χ0v) is 15.3. The third-order valence-electron chi connectivity index (χ3n) is 5.26. The Hall–Kier alpha value is -1.82. The van der Waals surface area contributed by atoms with Crippen molar-refractivity contribution in [2.24, 2.45) is 11.8 Å². The van der Waals surface area contributed by atoms with Gasteiger partial charge in [-0.3, -0.25) is 9.59 Å². The number of likely N-dealkylation sites (tertiary alicyclic amines) is 1. The van der Waals surface area contributed by atoms with Gasteiger partial charge in [-0.2, -0.15) is 0 Å². The van der Waals surface area contributed by atoms with Gasteiger partial charge in [-0.15, -0.1) is 0 Å². The molecule has 2 heterocycles. The largest absolute Gasteiger partial charge is 0.466 e. The summed E-state index contributed by atoms with van der Waals surface area (Å²) >= 11 is 0. The minimum Gasteiger partial charge on any atom is -0.466 e. The summed E-state index contributed by atoms with van der Waals surface area (Å²) in [4.78, 5) is 26.6. The Balaban J connectivity index is 1.56. The lowest BCUT2D eigenvalue weighted by Crippen LogP contribution is -2.48. The highest BCUT2D eigenvalue weighted by Gasteiger charge is 2.37. The summed E-state index contributed by atoms with van der Waals surface area (Å²) in [5.41, 5.74) is -0.491. The maximum absolute atomic E-state index is 12.5. The van der Waals surface area contributed by atoms with Crippen LogP contribution in [0.25, 0.3) is 0 Å². The SMILES string of the molecule is Cc1cc(C(C)(O)CNC(=O)C2CCCN(C(=O)C3CC3)C2)c(C)o1. The van der Waals surface area contributed by atoms with E-state index < -0.39 is 5.60 Å². The number of furan rings is 1. The summed E-state index contributed by atoms with van der Waals surface area (Å²) < 4.78 is 5.48. The lowest BCUT2D eigenvalue weighted by Gasteiger charge is -2.33. The van der Waals surface area contributed by atoms with Gasteiger partial charge in [0.1, 0.15) is 17.1 Å². The number of nitrogens with one attached hydrogen (secondary N) is 1. The summed E-state index contributed by atoms with van der Waals surface area (Å²) in [6, 6.07) is 1.80. The molecular formula is C19H28N2O4. The predicted molar refractivity (Wildman–Crippen MR) is 92.8 cm³/mol. The molecule has 1 aliphatic carbocycles. The van der Waals surface area contributed by atoms with E-state index >= 15 is 0 Å². The van der Waals surface area contributed by atoms with Crippen LogP contribution >= 0.6 is 0 Å². The lowest BCUT2D eigenvalue weighted by atomic mass is 9.94. The maximum Gasteiger partial charge on any atom is 0.225 e. The Morgan fingerprint density at radius 3 is 2.64 bits per heavy atom. The first-order chi connectivity index (χ1) is 11.8. The number of nitrogens with zero attached hydrogens (tertiary/aromatic N) is 1. The van der Waals surface area contributed by atoms with Gasteiger partial charge in [0.05, 0.1) is 12.5 Å². The Labute approximate surface area is 148 Å². The van der Waals surface area contributed by atoms with Gasteiger partial charge in [0.15, 0.2) is 0 Å². The summed E-state index contributed by atoms with van der Waals surface area (Å²) in [6.07, 6.45) is 3.61. The summed E-state index contributed by atoms with van der Waals surface area (Å²) in [7, 11) is 0. The second-order valence-corrected chi connectivity index (χ2v) is 7.72.